The average molecular weight is 345 g/mol. The molecule has 0 saturated heterocycles. The van der Waals surface area contributed by atoms with Crippen LogP contribution in [0.15, 0.2) is 43.0 Å². The molecule has 0 saturated carbocycles. The molecule has 0 aliphatic carbocycles. The third kappa shape index (κ3) is 10.1. The summed E-state index contributed by atoms with van der Waals surface area (Å²) in [6, 6.07) is 9.22. The topological polar surface area (TPSA) is 26.3 Å². The van der Waals surface area contributed by atoms with E-state index in [-0.39, 0.29) is 12.1 Å². The highest BCUT2D eigenvalue weighted by Gasteiger charge is 2.14. The number of carbonyl (C=O) groups is 1. The summed E-state index contributed by atoms with van der Waals surface area (Å²) in [5.74, 6) is 0.649. The van der Waals surface area contributed by atoms with Gasteiger partial charge in [0.15, 0.2) is 0 Å². The first-order chi connectivity index (χ1) is 12.2. The number of unbranched alkanes of at least 4 members (excludes halogenated alkanes) is 5. The number of carbonyl (C=O) groups excluding carboxylic acids is 1. The highest BCUT2D eigenvalue weighted by molar-refractivity contribution is 5.89. The molecule has 1 rings (SSSR count). The summed E-state index contributed by atoms with van der Waals surface area (Å²) >= 11 is 0. The maximum absolute atomic E-state index is 12.2. The molecule has 0 bridgehead atoms. The van der Waals surface area contributed by atoms with Crippen molar-refractivity contribution in [1.82, 2.24) is 0 Å². The van der Waals surface area contributed by atoms with Crippen LogP contribution in [0, 0.1) is 5.92 Å². The Kier molecular flexibility index (Phi) is 11.8. The van der Waals surface area contributed by atoms with Gasteiger partial charge in [0.25, 0.3) is 0 Å². The average Bonchev–Trinajstić information content (AvgIpc) is 2.64. The standard InChI is InChI=1S/C23H36O2/c1-4-15-22(25-23(24)21-17-12-10-13-18-21)19-14-9-7-6-8-11-16-20(3)5-2/h4,10,12-13,17-18,20,22H,1,5-9,11,14-16,19H2,2-3H3. The SMILES string of the molecule is C=CCC(CCCCCCCCC(C)CC)OC(=O)c1ccccc1. The van der Waals surface area contributed by atoms with Crippen molar-refractivity contribution >= 4 is 5.97 Å². The molecule has 0 N–H and O–H groups in total. The molecule has 0 aromatic heterocycles. The van der Waals surface area contributed by atoms with Crippen LogP contribution in [-0.2, 0) is 4.74 Å². The summed E-state index contributed by atoms with van der Waals surface area (Å²) in [7, 11) is 0. The van der Waals surface area contributed by atoms with Gasteiger partial charge in [0.2, 0.25) is 0 Å². The molecule has 2 heteroatoms. The maximum atomic E-state index is 12.2. The monoisotopic (exact) mass is 344 g/mol. The number of hydrogen-bond acceptors (Lipinski definition) is 2. The van der Waals surface area contributed by atoms with Crippen molar-refractivity contribution in [2.24, 2.45) is 5.92 Å². The minimum absolute atomic E-state index is 0.0457. The first kappa shape index (κ1) is 21.5. The summed E-state index contributed by atoms with van der Waals surface area (Å²) in [6.45, 7) is 8.40. The molecule has 0 aliphatic rings. The van der Waals surface area contributed by atoms with Gasteiger partial charge < -0.3 is 4.74 Å². The third-order valence-electron chi connectivity index (χ3n) is 4.88. The van der Waals surface area contributed by atoms with Crippen molar-refractivity contribution in [1.29, 1.82) is 0 Å². The molecule has 2 atom stereocenters. The lowest BCUT2D eigenvalue weighted by atomic mass is 9.99. The molecule has 25 heavy (non-hydrogen) atoms. The molecule has 0 amide bonds. The lowest BCUT2D eigenvalue weighted by molar-refractivity contribution is 0.0283. The van der Waals surface area contributed by atoms with Gasteiger partial charge in [-0.1, -0.05) is 83.1 Å². The Morgan fingerprint density at radius 1 is 1.04 bits per heavy atom. The van der Waals surface area contributed by atoms with Crippen LogP contribution < -0.4 is 0 Å². The van der Waals surface area contributed by atoms with Crippen LogP contribution >= 0.6 is 0 Å². The molecule has 0 fully saturated rings. The summed E-state index contributed by atoms with van der Waals surface area (Å²) in [5.41, 5.74) is 0.623. The first-order valence-electron chi connectivity index (χ1n) is 10.0. The summed E-state index contributed by atoms with van der Waals surface area (Å²) < 4.78 is 5.65. The van der Waals surface area contributed by atoms with E-state index in [9.17, 15) is 4.79 Å². The molecular formula is C23H36O2. The van der Waals surface area contributed by atoms with E-state index in [0.29, 0.717) is 5.56 Å². The molecule has 2 nitrogen and oxygen atoms in total. The van der Waals surface area contributed by atoms with E-state index in [1.165, 1.54) is 44.9 Å². The van der Waals surface area contributed by atoms with Gasteiger partial charge in [-0.05, 0) is 30.9 Å². The second-order valence-electron chi connectivity index (χ2n) is 7.13. The molecule has 1 aromatic rings. The van der Waals surface area contributed by atoms with Crippen molar-refractivity contribution in [3.63, 3.8) is 0 Å². The Balaban J connectivity index is 2.16. The van der Waals surface area contributed by atoms with Crippen molar-refractivity contribution in [2.75, 3.05) is 0 Å². The minimum Gasteiger partial charge on any atom is -0.458 e. The van der Waals surface area contributed by atoms with Gasteiger partial charge >= 0.3 is 5.97 Å². The Labute approximate surface area is 154 Å². The van der Waals surface area contributed by atoms with Crippen LogP contribution in [0.25, 0.3) is 0 Å². The van der Waals surface area contributed by atoms with E-state index < -0.39 is 0 Å². The maximum Gasteiger partial charge on any atom is 0.338 e. The van der Waals surface area contributed by atoms with Crippen molar-refractivity contribution in [3.8, 4) is 0 Å². The van der Waals surface area contributed by atoms with Gasteiger partial charge in [0.1, 0.15) is 6.10 Å². The molecule has 0 spiro atoms. The lowest BCUT2D eigenvalue weighted by Crippen LogP contribution is -2.17. The highest BCUT2D eigenvalue weighted by atomic mass is 16.5. The zero-order valence-corrected chi connectivity index (χ0v) is 16.2. The fourth-order valence-electron chi connectivity index (χ4n) is 2.98. The zero-order chi connectivity index (χ0) is 18.3. The van der Waals surface area contributed by atoms with Gasteiger partial charge in [-0.25, -0.2) is 4.79 Å². The van der Waals surface area contributed by atoms with Crippen LogP contribution in [0.2, 0.25) is 0 Å². The summed E-state index contributed by atoms with van der Waals surface area (Å²) in [4.78, 5) is 12.2. The molecule has 0 radical (unpaired) electrons. The second kappa shape index (κ2) is 13.7. The Morgan fingerprint density at radius 2 is 1.64 bits per heavy atom. The van der Waals surface area contributed by atoms with E-state index >= 15 is 0 Å². The van der Waals surface area contributed by atoms with E-state index in [2.05, 4.69) is 20.4 Å². The highest BCUT2D eigenvalue weighted by Crippen LogP contribution is 2.17. The van der Waals surface area contributed by atoms with Crippen LogP contribution in [0.5, 0.6) is 0 Å². The second-order valence-corrected chi connectivity index (χ2v) is 7.13. The van der Waals surface area contributed by atoms with Gasteiger partial charge in [-0.2, -0.15) is 0 Å². The fraction of sp³-hybridized carbons (Fsp3) is 0.609. The van der Waals surface area contributed by atoms with Gasteiger partial charge in [0, 0.05) is 6.42 Å². The van der Waals surface area contributed by atoms with Crippen LogP contribution in [-0.4, -0.2) is 12.1 Å². The Hall–Kier alpha value is -1.57. The van der Waals surface area contributed by atoms with Gasteiger partial charge in [-0.15, -0.1) is 6.58 Å². The molecule has 0 aliphatic heterocycles. The minimum atomic E-state index is -0.225. The predicted octanol–water partition coefficient (Wildman–Crippen LogP) is 6.96. The van der Waals surface area contributed by atoms with Gasteiger partial charge in [-0.3, -0.25) is 0 Å². The number of esters is 1. The number of benzene rings is 1. The normalized spacial score (nSPS) is 13.2. The van der Waals surface area contributed by atoms with E-state index in [0.717, 1.165) is 25.2 Å². The lowest BCUT2D eigenvalue weighted by Gasteiger charge is -2.16. The Morgan fingerprint density at radius 3 is 2.24 bits per heavy atom. The summed E-state index contributed by atoms with van der Waals surface area (Å²) in [5, 5.41) is 0. The van der Waals surface area contributed by atoms with Crippen molar-refractivity contribution in [3.05, 3.63) is 48.6 Å². The number of hydrogen-bond donors (Lipinski definition) is 0. The Bertz CT molecular complexity index is 466. The van der Waals surface area contributed by atoms with Crippen molar-refractivity contribution < 1.29 is 9.53 Å². The number of ether oxygens (including phenoxy) is 1. The predicted molar refractivity (Wildman–Crippen MR) is 107 cm³/mol. The van der Waals surface area contributed by atoms with E-state index in [4.69, 9.17) is 4.74 Å². The zero-order valence-electron chi connectivity index (χ0n) is 16.2. The van der Waals surface area contributed by atoms with Gasteiger partial charge in [0.05, 0.1) is 5.56 Å². The van der Waals surface area contributed by atoms with Crippen molar-refractivity contribution in [2.45, 2.75) is 84.2 Å². The third-order valence-corrected chi connectivity index (χ3v) is 4.88. The van der Waals surface area contributed by atoms with Crippen LogP contribution in [0.4, 0.5) is 0 Å². The first-order valence-corrected chi connectivity index (χ1v) is 10.0. The number of rotatable bonds is 14. The molecule has 0 heterocycles. The smallest absolute Gasteiger partial charge is 0.338 e. The van der Waals surface area contributed by atoms with E-state index in [1.807, 2.05) is 24.3 Å². The van der Waals surface area contributed by atoms with E-state index in [1.54, 1.807) is 12.1 Å². The largest absolute Gasteiger partial charge is 0.458 e. The van der Waals surface area contributed by atoms with Crippen LogP contribution in [0.1, 0.15) is 88.4 Å². The molecule has 2 unspecified atom stereocenters. The molecule has 140 valence electrons. The quantitative estimate of drug-likeness (QED) is 0.207. The fourth-order valence-corrected chi connectivity index (χ4v) is 2.98. The summed E-state index contributed by atoms with van der Waals surface area (Å²) in [6.07, 6.45) is 13.8. The molecule has 1 aromatic carbocycles. The van der Waals surface area contributed by atoms with Crippen LogP contribution in [0.3, 0.4) is 0 Å². The molecular weight excluding hydrogens is 308 g/mol.